The SMILES string of the molecule is CC(C)(C)C(=O)/C(C#N)=C/c1ccc(Cl)c([N+](=O)[O-])c1. The summed E-state index contributed by atoms with van der Waals surface area (Å²) in [5.41, 5.74) is -0.620. The standard InChI is InChI=1S/C14H13ClN2O3/c1-14(2,3)13(18)10(8-16)6-9-4-5-11(15)12(7-9)17(19)20/h4-7H,1-3H3/b10-6+. The predicted octanol–water partition coefficient (Wildman–Crippen LogP) is 3.77. The first-order chi connectivity index (χ1) is 9.16. The molecule has 0 saturated heterocycles. The van der Waals surface area contributed by atoms with E-state index < -0.39 is 10.3 Å². The topological polar surface area (TPSA) is 84.0 Å². The van der Waals surface area contributed by atoms with Gasteiger partial charge in [-0.05, 0) is 17.7 Å². The van der Waals surface area contributed by atoms with E-state index in [1.165, 1.54) is 24.3 Å². The monoisotopic (exact) mass is 292 g/mol. The Bertz CT molecular complexity index is 637. The van der Waals surface area contributed by atoms with Gasteiger partial charge in [-0.15, -0.1) is 0 Å². The zero-order valence-corrected chi connectivity index (χ0v) is 12.1. The molecule has 1 aromatic carbocycles. The molecule has 0 saturated carbocycles. The Balaban J connectivity index is 3.29. The van der Waals surface area contributed by atoms with Gasteiger partial charge < -0.3 is 0 Å². The lowest BCUT2D eigenvalue weighted by atomic mass is 9.86. The number of benzene rings is 1. The number of hydrogen-bond donors (Lipinski definition) is 0. The first-order valence-corrected chi connectivity index (χ1v) is 6.15. The summed E-state index contributed by atoms with van der Waals surface area (Å²) in [5.74, 6) is -0.322. The van der Waals surface area contributed by atoms with Crippen LogP contribution in [0.4, 0.5) is 5.69 Å². The van der Waals surface area contributed by atoms with Crippen LogP contribution in [0, 0.1) is 26.9 Å². The second kappa shape index (κ2) is 5.85. The van der Waals surface area contributed by atoms with Crippen LogP contribution in [-0.4, -0.2) is 10.7 Å². The highest BCUT2D eigenvalue weighted by atomic mass is 35.5. The molecule has 0 unspecified atom stereocenters. The van der Waals surface area contributed by atoms with Gasteiger partial charge in [0.15, 0.2) is 5.78 Å². The number of allylic oxidation sites excluding steroid dienone is 1. The summed E-state index contributed by atoms with van der Waals surface area (Å²) >= 11 is 5.70. The minimum Gasteiger partial charge on any atom is -0.293 e. The number of nitro benzene ring substituents is 1. The lowest BCUT2D eigenvalue weighted by Crippen LogP contribution is -2.21. The number of Topliss-reactive ketones (excluding diaryl/α,β-unsaturated/α-hetero) is 1. The van der Waals surface area contributed by atoms with E-state index in [4.69, 9.17) is 16.9 Å². The van der Waals surface area contributed by atoms with Crippen molar-refractivity contribution in [3.05, 3.63) is 44.5 Å². The minimum absolute atomic E-state index is 0.00723. The molecule has 0 aliphatic heterocycles. The maximum absolute atomic E-state index is 12.0. The van der Waals surface area contributed by atoms with Crippen LogP contribution >= 0.6 is 11.6 Å². The molecule has 0 aliphatic rings. The summed E-state index contributed by atoms with van der Waals surface area (Å²) in [7, 11) is 0. The molecule has 1 aromatic rings. The normalized spacial score (nSPS) is 11.8. The average Bonchev–Trinajstić information content (AvgIpc) is 2.35. The van der Waals surface area contributed by atoms with E-state index in [0.29, 0.717) is 5.56 Å². The van der Waals surface area contributed by atoms with Crippen molar-refractivity contribution < 1.29 is 9.72 Å². The van der Waals surface area contributed by atoms with E-state index in [1.807, 2.05) is 6.07 Å². The van der Waals surface area contributed by atoms with E-state index >= 15 is 0 Å². The van der Waals surface area contributed by atoms with Gasteiger partial charge in [-0.1, -0.05) is 38.4 Å². The summed E-state index contributed by atoms with van der Waals surface area (Å²) in [5, 5.41) is 19.9. The maximum atomic E-state index is 12.0. The van der Waals surface area contributed by atoms with E-state index in [9.17, 15) is 14.9 Å². The first-order valence-electron chi connectivity index (χ1n) is 5.77. The summed E-state index contributed by atoms with van der Waals surface area (Å²) in [6.45, 7) is 5.10. The van der Waals surface area contributed by atoms with Crippen molar-refractivity contribution in [1.29, 1.82) is 5.26 Å². The molecule has 0 spiro atoms. The highest BCUT2D eigenvalue weighted by Gasteiger charge is 2.25. The van der Waals surface area contributed by atoms with Crippen LogP contribution in [0.1, 0.15) is 26.3 Å². The Morgan fingerprint density at radius 2 is 2.05 bits per heavy atom. The lowest BCUT2D eigenvalue weighted by Gasteiger charge is -2.15. The van der Waals surface area contributed by atoms with Crippen LogP contribution in [0.25, 0.3) is 6.08 Å². The highest BCUT2D eigenvalue weighted by Crippen LogP contribution is 2.27. The summed E-state index contributed by atoms with van der Waals surface area (Å²) in [6, 6.07) is 5.94. The van der Waals surface area contributed by atoms with Crippen LogP contribution in [0.15, 0.2) is 23.8 Å². The number of rotatable bonds is 3. The maximum Gasteiger partial charge on any atom is 0.288 e. The third kappa shape index (κ3) is 3.65. The smallest absolute Gasteiger partial charge is 0.288 e. The van der Waals surface area contributed by atoms with Crippen molar-refractivity contribution in [3.63, 3.8) is 0 Å². The van der Waals surface area contributed by atoms with Crippen molar-refractivity contribution in [2.45, 2.75) is 20.8 Å². The predicted molar refractivity (Wildman–Crippen MR) is 76.2 cm³/mol. The van der Waals surface area contributed by atoms with Crippen molar-refractivity contribution in [2.75, 3.05) is 0 Å². The third-order valence-electron chi connectivity index (χ3n) is 2.52. The van der Waals surface area contributed by atoms with Crippen molar-refractivity contribution in [1.82, 2.24) is 0 Å². The molecule has 0 heterocycles. The van der Waals surface area contributed by atoms with Crippen molar-refractivity contribution in [3.8, 4) is 6.07 Å². The molecular formula is C14H13ClN2O3. The average molecular weight is 293 g/mol. The number of ketones is 1. The molecule has 0 atom stereocenters. The Kier molecular flexibility index (Phi) is 4.64. The summed E-state index contributed by atoms with van der Waals surface area (Å²) < 4.78 is 0. The molecule has 0 bridgehead atoms. The fraction of sp³-hybridized carbons (Fsp3) is 0.286. The largest absolute Gasteiger partial charge is 0.293 e. The van der Waals surface area contributed by atoms with Gasteiger partial charge in [0.05, 0.1) is 10.5 Å². The van der Waals surface area contributed by atoms with Gasteiger partial charge in [0, 0.05) is 11.5 Å². The first kappa shape index (κ1) is 15.9. The number of nitriles is 1. The molecule has 0 aromatic heterocycles. The van der Waals surface area contributed by atoms with Gasteiger partial charge in [-0.25, -0.2) is 0 Å². The van der Waals surface area contributed by atoms with Gasteiger partial charge in [0.1, 0.15) is 11.1 Å². The molecule has 0 fully saturated rings. The Labute approximate surface area is 121 Å². The second-order valence-corrected chi connectivity index (χ2v) is 5.62. The van der Waals surface area contributed by atoms with Crippen LogP contribution in [0.3, 0.4) is 0 Å². The Hall–Kier alpha value is -2.19. The number of halogens is 1. The third-order valence-corrected chi connectivity index (χ3v) is 2.84. The van der Waals surface area contributed by atoms with Gasteiger partial charge in [-0.3, -0.25) is 14.9 Å². The van der Waals surface area contributed by atoms with Crippen molar-refractivity contribution >= 4 is 29.1 Å². The molecule has 0 amide bonds. The summed E-state index contributed by atoms with van der Waals surface area (Å²) in [4.78, 5) is 22.2. The molecule has 0 aliphatic carbocycles. The number of carbonyl (C=O) groups excluding carboxylic acids is 1. The minimum atomic E-state index is -0.695. The van der Waals surface area contributed by atoms with Gasteiger partial charge in [-0.2, -0.15) is 5.26 Å². The Morgan fingerprint density at radius 3 is 2.50 bits per heavy atom. The van der Waals surface area contributed by atoms with E-state index in [0.717, 1.165) is 0 Å². The lowest BCUT2D eigenvalue weighted by molar-refractivity contribution is -0.384. The number of hydrogen-bond acceptors (Lipinski definition) is 4. The van der Waals surface area contributed by atoms with E-state index in [1.54, 1.807) is 20.8 Å². The summed E-state index contributed by atoms with van der Waals surface area (Å²) in [6.07, 6.45) is 1.33. The molecule has 5 nitrogen and oxygen atoms in total. The van der Waals surface area contributed by atoms with Crippen LogP contribution in [0.2, 0.25) is 5.02 Å². The zero-order chi connectivity index (χ0) is 15.5. The molecule has 1 rings (SSSR count). The quantitative estimate of drug-likeness (QED) is 0.367. The highest BCUT2D eigenvalue weighted by molar-refractivity contribution is 6.32. The molecule has 20 heavy (non-hydrogen) atoms. The molecule has 0 N–H and O–H groups in total. The second-order valence-electron chi connectivity index (χ2n) is 5.22. The van der Waals surface area contributed by atoms with Crippen LogP contribution in [-0.2, 0) is 4.79 Å². The molecule has 0 radical (unpaired) electrons. The fourth-order valence-corrected chi connectivity index (χ4v) is 1.67. The van der Waals surface area contributed by atoms with Gasteiger partial charge in [0.25, 0.3) is 5.69 Å². The van der Waals surface area contributed by atoms with Crippen LogP contribution in [0.5, 0.6) is 0 Å². The van der Waals surface area contributed by atoms with Gasteiger partial charge in [0.2, 0.25) is 0 Å². The fourth-order valence-electron chi connectivity index (χ4n) is 1.48. The van der Waals surface area contributed by atoms with E-state index in [-0.39, 0.29) is 22.1 Å². The Morgan fingerprint density at radius 1 is 1.45 bits per heavy atom. The zero-order valence-electron chi connectivity index (χ0n) is 11.3. The number of nitrogens with zero attached hydrogens (tertiary/aromatic N) is 2. The van der Waals surface area contributed by atoms with Crippen LogP contribution < -0.4 is 0 Å². The number of carbonyl (C=O) groups is 1. The van der Waals surface area contributed by atoms with Gasteiger partial charge >= 0.3 is 0 Å². The molecule has 104 valence electrons. The molecule has 6 heteroatoms. The van der Waals surface area contributed by atoms with Crippen molar-refractivity contribution in [2.24, 2.45) is 5.41 Å². The molecular weight excluding hydrogens is 280 g/mol. The number of nitro groups is 1. The van der Waals surface area contributed by atoms with E-state index in [2.05, 4.69) is 0 Å².